The van der Waals surface area contributed by atoms with Gasteiger partial charge in [0.2, 0.25) is 5.95 Å². The minimum absolute atomic E-state index is 0.472. The molecule has 0 saturated heterocycles. The third-order valence-electron chi connectivity index (χ3n) is 3.96. The summed E-state index contributed by atoms with van der Waals surface area (Å²) in [5, 5.41) is 12.1. The first kappa shape index (κ1) is 16.2. The first-order chi connectivity index (χ1) is 11.2. The molecular weight excluding hydrogens is 330 g/mol. The van der Waals surface area contributed by atoms with Gasteiger partial charge in [0.05, 0.1) is 6.54 Å². The predicted octanol–water partition coefficient (Wildman–Crippen LogP) is 3.60. The number of anilines is 1. The molecule has 1 aromatic carbocycles. The summed E-state index contributed by atoms with van der Waals surface area (Å²) in [4.78, 5) is 4.25. The fourth-order valence-electron chi connectivity index (χ4n) is 2.77. The second-order valence-electron chi connectivity index (χ2n) is 5.83. The standard InChI is InChI=1S/C16H20ClN5S/c17-13-8-6-12(7-9-13)10-22-11-18-15(21-22)20-16(23)19-14-4-2-1-3-5-14/h6-9,11,14H,1-5,10H2,(H2,19,20,21,23). The van der Waals surface area contributed by atoms with Gasteiger partial charge in [0.25, 0.3) is 0 Å². The van der Waals surface area contributed by atoms with Gasteiger partial charge in [-0.05, 0) is 42.8 Å². The summed E-state index contributed by atoms with van der Waals surface area (Å²) in [5.41, 5.74) is 1.12. The molecule has 3 rings (SSSR count). The zero-order valence-electron chi connectivity index (χ0n) is 12.8. The van der Waals surface area contributed by atoms with E-state index in [2.05, 4.69) is 20.7 Å². The predicted molar refractivity (Wildman–Crippen MR) is 96.8 cm³/mol. The van der Waals surface area contributed by atoms with Crippen molar-refractivity contribution in [3.8, 4) is 0 Å². The Balaban J connectivity index is 1.52. The first-order valence-corrected chi connectivity index (χ1v) is 8.69. The van der Waals surface area contributed by atoms with Crippen LogP contribution >= 0.6 is 23.8 Å². The van der Waals surface area contributed by atoms with E-state index in [0.717, 1.165) is 10.6 Å². The number of thiocarbonyl (C=S) groups is 1. The molecule has 0 spiro atoms. The molecule has 1 aliphatic carbocycles. The summed E-state index contributed by atoms with van der Waals surface area (Å²) >= 11 is 11.2. The molecule has 0 radical (unpaired) electrons. The van der Waals surface area contributed by atoms with E-state index in [-0.39, 0.29) is 0 Å². The van der Waals surface area contributed by atoms with Crippen molar-refractivity contribution in [3.05, 3.63) is 41.2 Å². The van der Waals surface area contributed by atoms with Crippen molar-refractivity contribution in [2.45, 2.75) is 44.7 Å². The summed E-state index contributed by atoms with van der Waals surface area (Å²) in [6.07, 6.45) is 7.93. The lowest BCUT2D eigenvalue weighted by Crippen LogP contribution is -2.39. The highest BCUT2D eigenvalue weighted by atomic mass is 35.5. The highest BCUT2D eigenvalue weighted by Crippen LogP contribution is 2.17. The normalized spacial score (nSPS) is 15.3. The Morgan fingerprint density at radius 3 is 2.70 bits per heavy atom. The van der Waals surface area contributed by atoms with E-state index in [9.17, 15) is 0 Å². The van der Waals surface area contributed by atoms with E-state index in [1.807, 2.05) is 24.3 Å². The lowest BCUT2D eigenvalue weighted by molar-refractivity contribution is 0.414. The second-order valence-corrected chi connectivity index (χ2v) is 6.67. The van der Waals surface area contributed by atoms with Crippen molar-refractivity contribution in [3.63, 3.8) is 0 Å². The van der Waals surface area contributed by atoms with E-state index in [1.54, 1.807) is 11.0 Å². The first-order valence-electron chi connectivity index (χ1n) is 7.90. The second kappa shape index (κ2) is 7.75. The van der Waals surface area contributed by atoms with Gasteiger partial charge in [0.1, 0.15) is 6.33 Å². The summed E-state index contributed by atoms with van der Waals surface area (Å²) in [6, 6.07) is 8.17. The molecule has 0 atom stereocenters. The molecule has 23 heavy (non-hydrogen) atoms. The van der Waals surface area contributed by atoms with E-state index in [1.165, 1.54) is 32.1 Å². The Morgan fingerprint density at radius 1 is 1.22 bits per heavy atom. The molecule has 1 aliphatic rings. The van der Waals surface area contributed by atoms with Gasteiger partial charge in [-0.25, -0.2) is 9.67 Å². The molecular formula is C16H20ClN5S. The molecule has 0 unspecified atom stereocenters. The fourth-order valence-corrected chi connectivity index (χ4v) is 3.16. The molecule has 0 bridgehead atoms. The van der Waals surface area contributed by atoms with Gasteiger partial charge in [0, 0.05) is 11.1 Å². The summed E-state index contributed by atoms with van der Waals surface area (Å²) in [7, 11) is 0. The lowest BCUT2D eigenvalue weighted by atomic mass is 9.96. The molecule has 5 nitrogen and oxygen atoms in total. The minimum atomic E-state index is 0.472. The Labute approximate surface area is 146 Å². The molecule has 1 fully saturated rings. The van der Waals surface area contributed by atoms with Crippen LogP contribution in [0.3, 0.4) is 0 Å². The number of benzene rings is 1. The topological polar surface area (TPSA) is 54.8 Å². The van der Waals surface area contributed by atoms with Crippen LogP contribution in [0.15, 0.2) is 30.6 Å². The molecule has 122 valence electrons. The zero-order valence-corrected chi connectivity index (χ0v) is 14.4. The van der Waals surface area contributed by atoms with Crippen LogP contribution in [0, 0.1) is 0 Å². The van der Waals surface area contributed by atoms with Crippen LogP contribution < -0.4 is 10.6 Å². The number of hydrogen-bond acceptors (Lipinski definition) is 3. The Bertz CT molecular complexity index is 649. The maximum atomic E-state index is 5.89. The van der Waals surface area contributed by atoms with Crippen LogP contribution in [0.5, 0.6) is 0 Å². The van der Waals surface area contributed by atoms with Crippen molar-refractivity contribution < 1.29 is 0 Å². The SMILES string of the molecule is S=C(Nc1ncn(Cc2ccc(Cl)cc2)n1)NC1CCCCC1. The van der Waals surface area contributed by atoms with Crippen molar-refractivity contribution in [2.24, 2.45) is 0 Å². The van der Waals surface area contributed by atoms with Crippen molar-refractivity contribution >= 4 is 34.9 Å². The summed E-state index contributed by atoms with van der Waals surface area (Å²) < 4.78 is 1.77. The van der Waals surface area contributed by atoms with Gasteiger partial charge < -0.3 is 5.32 Å². The Hall–Kier alpha value is -1.66. The monoisotopic (exact) mass is 349 g/mol. The van der Waals surface area contributed by atoms with Crippen molar-refractivity contribution in [1.82, 2.24) is 20.1 Å². The quantitative estimate of drug-likeness (QED) is 0.826. The maximum Gasteiger partial charge on any atom is 0.248 e. The van der Waals surface area contributed by atoms with Gasteiger partial charge >= 0.3 is 0 Å². The Kier molecular flexibility index (Phi) is 5.46. The molecule has 0 amide bonds. The summed E-state index contributed by atoms with van der Waals surface area (Å²) in [6.45, 7) is 0.647. The largest absolute Gasteiger partial charge is 0.360 e. The third-order valence-corrected chi connectivity index (χ3v) is 4.43. The number of nitrogens with zero attached hydrogens (tertiary/aromatic N) is 3. The maximum absolute atomic E-state index is 5.89. The molecule has 2 aromatic rings. The van der Waals surface area contributed by atoms with Gasteiger partial charge in [-0.3, -0.25) is 5.32 Å². The van der Waals surface area contributed by atoms with Crippen LogP contribution in [-0.4, -0.2) is 25.9 Å². The van der Waals surface area contributed by atoms with Crippen molar-refractivity contribution in [1.29, 1.82) is 0 Å². The zero-order chi connectivity index (χ0) is 16.1. The number of halogens is 1. The third kappa shape index (κ3) is 4.91. The van der Waals surface area contributed by atoms with Crippen LogP contribution in [0.2, 0.25) is 5.02 Å². The fraction of sp³-hybridized carbons (Fsp3) is 0.438. The van der Waals surface area contributed by atoms with Crippen LogP contribution in [0.25, 0.3) is 0 Å². The van der Waals surface area contributed by atoms with Gasteiger partial charge in [0.15, 0.2) is 5.11 Å². The van der Waals surface area contributed by atoms with Crippen molar-refractivity contribution in [2.75, 3.05) is 5.32 Å². The number of aromatic nitrogens is 3. The van der Waals surface area contributed by atoms with Gasteiger partial charge in [-0.2, -0.15) is 0 Å². The molecule has 0 aliphatic heterocycles. The lowest BCUT2D eigenvalue weighted by Gasteiger charge is -2.23. The number of rotatable bonds is 4. The molecule has 1 saturated carbocycles. The highest BCUT2D eigenvalue weighted by Gasteiger charge is 2.14. The molecule has 2 N–H and O–H groups in total. The number of nitrogens with one attached hydrogen (secondary N) is 2. The van der Waals surface area contributed by atoms with Crippen LogP contribution in [0.4, 0.5) is 5.95 Å². The van der Waals surface area contributed by atoms with E-state index in [4.69, 9.17) is 23.8 Å². The summed E-state index contributed by atoms with van der Waals surface area (Å²) in [5.74, 6) is 0.521. The van der Waals surface area contributed by atoms with Crippen LogP contribution in [-0.2, 0) is 6.54 Å². The van der Waals surface area contributed by atoms with Gasteiger partial charge in [-0.1, -0.05) is 43.0 Å². The molecule has 1 heterocycles. The highest BCUT2D eigenvalue weighted by molar-refractivity contribution is 7.80. The Morgan fingerprint density at radius 2 is 1.96 bits per heavy atom. The van der Waals surface area contributed by atoms with Gasteiger partial charge in [-0.15, -0.1) is 5.10 Å². The smallest absolute Gasteiger partial charge is 0.248 e. The van der Waals surface area contributed by atoms with Crippen LogP contribution in [0.1, 0.15) is 37.7 Å². The van der Waals surface area contributed by atoms with E-state index >= 15 is 0 Å². The number of hydrogen-bond donors (Lipinski definition) is 2. The molecule has 1 aromatic heterocycles. The van der Waals surface area contributed by atoms with E-state index in [0.29, 0.717) is 23.6 Å². The average molecular weight is 350 g/mol. The minimum Gasteiger partial charge on any atom is -0.360 e. The molecule has 7 heteroatoms. The average Bonchev–Trinajstić information content (AvgIpc) is 2.97. The van der Waals surface area contributed by atoms with E-state index < -0.39 is 0 Å².